The van der Waals surface area contributed by atoms with E-state index in [1.807, 2.05) is 130 Å². The first-order valence-corrected chi connectivity index (χ1v) is 11.6. The van der Waals surface area contributed by atoms with Gasteiger partial charge < -0.3 is 61.8 Å². The Bertz CT molecular complexity index is 642. The van der Waals surface area contributed by atoms with Crippen LogP contribution >= 0.6 is 0 Å². The zero-order valence-corrected chi connectivity index (χ0v) is 38.2. The van der Waals surface area contributed by atoms with Crippen molar-refractivity contribution >= 4 is 0 Å². The molecule has 0 aromatic carbocycles. The molecule has 0 aliphatic carbocycles. The third-order valence-electron chi connectivity index (χ3n) is 2.32. The van der Waals surface area contributed by atoms with Crippen molar-refractivity contribution in [3.63, 3.8) is 0 Å². The number of aromatic nitrogens is 8. The predicted octanol–water partition coefficient (Wildman–Crippen LogP) is 5.79. The monoisotopic (exact) mass is 852 g/mol. The van der Waals surface area contributed by atoms with Gasteiger partial charge in [-0.05, 0) is 14.1 Å². The Morgan fingerprint density at radius 1 is 0.575 bits per heavy atom. The van der Waals surface area contributed by atoms with E-state index in [2.05, 4.69) is 44.9 Å². The van der Waals surface area contributed by atoms with Crippen molar-refractivity contribution in [2.24, 2.45) is 28.2 Å². The van der Waals surface area contributed by atoms with Crippen molar-refractivity contribution in [1.82, 2.24) is 38.9 Å². The molecule has 0 aliphatic rings. The van der Waals surface area contributed by atoms with Crippen molar-refractivity contribution < 1.29 is 131 Å². The van der Waals surface area contributed by atoms with Crippen molar-refractivity contribution in [3.8, 4) is 0 Å². The van der Waals surface area contributed by atoms with Gasteiger partial charge in [0.2, 0.25) is 0 Å². The average molecular weight is 852 g/mol. The first kappa shape index (κ1) is 60.5. The molecule has 4 radical (unpaired) electrons. The second-order valence-corrected chi connectivity index (χ2v) is 6.89. The first-order chi connectivity index (χ1) is 17.2. The smallest absolute Gasteiger partial charge is 0.0280 e. The summed E-state index contributed by atoms with van der Waals surface area (Å²) in [5.74, 6) is 0. The Morgan fingerprint density at radius 3 is 1.18 bits per heavy atom. The normalized spacial score (nSPS) is 7.10. The van der Waals surface area contributed by atoms with Crippen LogP contribution in [0.25, 0.3) is 0 Å². The molecule has 0 spiro atoms. The van der Waals surface area contributed by atoms with Gasteiger partial charge in [0, 0.05) is 145 Å². The van der Waals surface area contributed by atoms with Crippen LogP contribution in [0.1, 0.15) is 55.4 Å². The van der Waals surface area contributed by atoms with Crippen LogP contribution in [-0.4, -0.2) is 38.9 Å². The van der Waals surface area contributed by atoms with E-state index in [0.717, 1.165) is 0 Å². The first-order valence-electron chi connectivity index (χ1n) is 11.6. The third-order valence-corrected chi connectivity index (χ3v) is 2.32. The van der Waals surface area contributed by atoms with Crippen LogP contribution in [0.5, 0.6) is 0 Å². The zero-order valence-electron chi connectivity index (χ0n) is 26.8. The third kappa shape index (κ3) is 67.1. The second-order valence-electron chi connectivity index (χ2n) is 6.89. The van der Waals surface area contributed by atoms with Crippen molar-refractivity contribution in [1.29, 1.82) is 0 Å². The summed E-state index contributed by atoms with van der Waals surface area (Å²) in [5.41, 5.74) is 0. The molecule has 12 heteroatoms. The molecule has 4 aromatic rings. The summed E-state index contributed by atoms with van der Waals surface area (Å²) in [4.78, 5) is 3.66. The number of aryl methyl sites for hydroxylation is 4. The van der Waals surface area contributed by atoms with E-state index in [4.69, 9.17) is 0 Å². The average Bonchev–Trinajstić information content (AvgIpc) is 3.64. The molecular weight excluding hydrogens is 804 g/mol. The van der Waals surface area contributed by atoms with Gasteiger partial charge >= 0.3 is 0 Å². The predicted molar refractivity (Wildman–Crippen MR) is 151 cm³/mol. The van der Waals surface area contributed by atoms with Crippen LogP contribution < -0.4 is 0 Å². The Kier molecular flexibility index (Phi) is 84.8. The van der Waals surface area contributed by atoms with Gasteiger partial charge in [0.15, 0.2) is 0 Å². The van der Waals surface area contributed by atoms with Crippen LogP contribution in [0, 0.1) is 50.2 Å². The molecule has 0 saturated heterocycles. The van der Waals surface area contributed by atoms with Crippen LogP contribution in [0.3, 0.4) is 0 Å². The molecule has 0 bridgehead atoms. The number of hydrogen-bond donors (Lipinski definition) is 0. The van der Waals surface area contributed by atoms with Crippen LogP contribution in [0.4, 0.5) is 0 Å². The molecule has 4 heterocycles. The van der Waals surface area contributed by atoms with Crippen molar-refractivity contribution in [3.05, 3.63) is 99.8 Å². The molecule has 4 rings (SSSR count). The van der Waals surface area contributed by atoms with Crippen molar-refractivity contribution in [2.45, 2.75) is 55.4 Å². The van der Waals surface area contributed by atoms with Crippen molar-refractivity contribution in [2.75, 3.05) is 0 Å². The summed E-state index contributed by atoms with van der Waals surface area (Å²) < 4.78 is 7.06. The van der Waals surface area contributed by atoms with Gasteiger partial charge in [-0.2, -0.15) is 61.6 Å². The van der Waals surface area contributed by atoms with E-state index in [9.17, 15) is 0 Å². The molecule has 8 nitrogen and oxygen atoms in total. The van der Waals surface area contributed by atoms with E-state index >= 15 is 0 Å². The Labute approximate surface area is 347 Å². The van der Waals surface area contributed by atoms with Crippen LogP contribution in [0.15, 0.2) is 49.6 Å². The fourth-order valence-electron chi connectivity index (χ4n) is 1.18. The zero-order chi connectivity index (χ0) is 28.5. The number of imidazole rings is 1. The maximum absolute atomic E-state index is 3.78. The van der Waals surface area contributed by atoms with Gasteiger partial charge in [-0.3, -0.25) is 4.68 Å². The molecule has 4 aromatic heterocycles. The molecule has 0 saturated carbocycles. The van der Waals surface area contributed by atoms with Gasteiger partial charge in [-0.15, -0.1) is 36.2 Å². The Hall–Kier alpha value is 1.26. The Morgan fingerprint density at radius 2 is 1.07 bits per heavy atom. The molecule has 40 heavy (non-hydrogen) atoms. The topological polar surface area (TPSA) is 71.3 Å². The standard InChI is InChI=1S/C5H6N.2C4H5N2.C3H4N3.4C3H7.4Y/c1-6-4-2-3-5-6;1-6-3-2-5-4-6;1-6-4-2-3-5-6;1-6-3-2-4-5-6;4*1-3-2;;;;/h2,4-5H,1H3;2*3-4H,1H3;3H,1H3;4*3H,1-2H3;;;;/q8*-1;;;;. The fraction of sp³-hybridized carbons (Fsp3) is 0.429. The fourth-order valence-corrected chi connectivity index (χ4v) is 1.18. The largest absolute Gasteiger partial charge is 0.451 e. The molecule has 0 N–H and O–H groups in total. The quantitative estimate of drug-likeness (QED) is 0.210. The Balaban J connectivity index is -0.0000000492. The minimum Gasteiger partial charge on any atom is -0.451 e. The SMILES string of the molecule is C[CH-]C.C[CH-]C.C[CH-]C.C[CH-]C.Cn1c[c-]cc1.Cn1c[c-]cn1.Cn1c[c-]nc1.Cn1c[c-]nn1.[Y].[Y].[Y].[Y]. The minimum absolute atomic E-state index is 0. The van der Waals surface area contributed by atoms with Crippen LogP contribution in [-0.2, 0) is 159 Å². The summed E-state index contributed by atoms with van der Waals surface area (Å²) in [5, 5.41) is 10.7. The van der Waals surface area contributed by atoms with Gasteiger partial charge in [0.1, 0.15) is 0 Å². The molecule has 0 aliphatic heterocycles. The summed E-state index contributed by atoms with van der Waals surface area (Å²) in [6, 6.07) is 7.55. The maximum atomic E-state index is 3.78. The number of nitrogens with zero attached hydrogens (tertiary/aromatic N) is 8. The molecular formula is C28H48N8Y4-8. The molecule has 0 amide bonds. The second kappa shape index (κ2) is 56.1. The summed E-state index contributed by atoms with van der Waals surface area (Å²) in [6.07, 6.45) is 25.5. The summed E-state index contributed by atoms with van der Waals surface area (Å²) in [6.45, 7) is 16.0. The van der Waals surface area contributed by atoms with E-state index in [1.54, 1.807) is 47.5 Å². The number of rotatable bonds is 0. The van der Waals surface area contributed by atoms with Crippen LogP contribution in [0.2, 0.25) is 0 Å². The number of hydrogen-bond acceptors (Lipinski definition) is 4. The maximum Gasteiger partial charge on any atom is 0.0280 e. The van der Waals surface area contributed by atoms with Gasteiger partial charge in [-0.1, -0.05) is 12.5 Å². The summed E-state index contributed by atoms with van der Waals surface area (Å²) in [7, 11) is 7.53. The van der Waals surface area contributed by atoms with Gasteiger partial charge in [0.05, 0.1) is 0 Å². The van der Waals surface area contributed by atoms with Gasteiger partial charge in [-0.25, -0.2) is 17.2 Å². The molecule has 0 fully saturated rings. The molecule has 0 atom stereocenters. The minimum atomic E-state index is 0. The van der Waals surface area contributed by atoms with Gasteiger partial charge in [0.25, 0.3) is 0 Å². The van der Waals surface area contributed by atoms with E-state index in [0.29, 0.717) is 0 Å². The van der Waals surface area contributed by atoms with E-state index in [-0.39, 0.29) is 131 Å². The van der Waals surface area contributed by atoms with E-state index in [1.165, 1.54) is 0 Å². The summed E-state index contributed by atoms with van der Waals surface area (Å²) >= 11 is 0. The van der Waals surface area contributed by atoms with E-state index < -0.39 is 0 Å². The molecule has 0 unspecified atom stereocenters. The molecule has 220 valence electrons.